The lowest BCUT2D eigenvalue weighted by molar-refractivity contribution is -0.513. The van der Waals surface area contributed by atoms with Gasteiger partial charge in [-0.25, -0.2) is 9.57 Å². The first-order valence-electron chi connectivity index (χ1n) is 4.54. The Bertz CT molecular complexity index is 234. The smallest absolute Gasteiger partial charge is 0.233 e. The van der Waals surface area contributed by atoms with E-state index in [2.05, 4.69) is 15.8 Å². The Hall–Kier alpha value is -1.03. The predicted octanol–water partition coefficient (Wildman–Crippen LogP) is -0.157. The van der Waals surface area contributed by atoms with Crippen molar-refractivity contribution >= 4 is 18.3 Å². The summed E-state index contributed by atoms with van der Waals surface area (Å²) in [6.45, 7) is 1.44. The summed E-state index contributed by atoms with van der Waals surface area (Å²) in [5.41, 5.74) is 0.535. The first-order valence-corrected chi connectivity index (χ1v) is 4.54. The largest absolute Gasteiger partial charge is 0.390 e. The van der Waals surface area contributed by atoms with Crippen molar-refractivity contribution in [2.75, 3.05) is 19.7 Å². The lowest BCUT2D eigenvalue weighted by Crippen LogP contribution is -2.27. The number of carbonyl (C=O) groups is 1. The molecule has 0 aromatic heterocycles. The monoisotopic (exact) mass is 183 g/mol. The fourth-order valence-corrected chi connectivity index (χ4v) is 1.41. The van der Waals surface area contributed by atoms with E-state index in [0.29, 0.717) is 18.7 Å². The highest BCUT2D eigenvalue weighted by atomic mass is 16.3. The maximum absolute atomic E-state index is 10.1. The van der Waals surface area contributed by atoms with Crippen LogP contribution in [0.15, 0.2) is 4.99 Å². The summed E-state index contributed by atoms with van der Waals surface area (Å²) in [6.07, 6.45) is 6.08. The van der Waals surface area contributed by atoms with Gasteiger partial charge in [0.15, 0.2) is 6.54 Å². The molecule has 1 aliphatic rings. The summed E-state index contributed by atoms with van der Waals surface area (Å²) in [5.74, 6) is 0. The van der Waals surface area contributed by atoms with E-state index in [-0.39, 0.29) is 6.61 Å². The lowest BCUT2D eigenvalue weighted by Gasteiger charge is -2.07. The van der Waals surface area contributed by atoms with Gasteiger partial charge in [0.05, 0.1) is 6.61 Å². The molecule has 0 spiro atoms. The van der Waals surface area contributed by atoms with Gasteiger partial charge in [0.2, 0.25) is 6.41 Å². The van der Waals surface area contributed by atoms with E-state index in [1.165, 1.54) is 12.8 Å². The van der Waals surface area contributed by atoms with Gasteiger partial charge in [-0.3, -0.25) is 4.79 Å². The summed E-state index contributed by atoms with van der Waals surface area (Å²) in [6, 6.07) is 0. The molecule has 0 bridgehead atoms. The van der Waals surface area contributed by atoms with Crippen molar-refractivity contribution < 1.29 is 14.5 Å². The number of hydrogen-bond donors (Lipinski definition) is 1. The van der Waals surface area contributed by atoms with Gasteiger partial charge >= 0.3 is 0 Å². The van der Waals surface area contributed by atoms with Gasteiger partial charge < -0.3 is 5.11 Å². The van der Waals surface area contributed by atoms with Crippen LogP contribution in [0.25, 0.3) is 0 Å². The molecule has 0 atom stereocenters. The Balaban J connectivity index is 2.49. The molecule has 1 heterocycles. The zero-order valence-electron chi connectivity index (χ0n) is 7.65. The second kappa shape index (κ2) is 5.59. The Morgan fingerprint density at radius 2 is 2.46 bits per heavy atom. The van der Waals surface area contributed by atoms with E-state index in [4.69, 9.17) is 5.11 Å². The maximum Gasteiger partial charge on any atom is 0.233 e. The second-order valence-corrected chi connectivity index (χ2v) is 3.11. The van der Waals surface area contributed by atoms with Crippen LogP contribution < -0.4 is 0 Å². The maximum atomic E-state index is 10.1. The van der Waals surface area contributed by atoms with Crippen molar-refractivity contribution in [2.24, 2.45) is 4.99 Å². The number of aliphatic hydroxyl groups excluding tert-OH is 1. The van der Waals surface area contributed by atoms with Crippen LogP contribution in [0, 0.1) is 0 Å². The van der Waals surface area contributed by atoms with Crippen molar-refractivity contribution in [1.82, 2.24) is 0 Å². The number of nitrogens with zero attached hydrogens (tertiary/aromatic N) is 2. The summed E-state index contributed by atoms with van der Waals surface area (Å²) >= 11 is 0. The molecular formula is C9H15N2O2+. The molecule has 13 heavy (non-hydrogen) atoms. The minimum Gasteiger partial charge on any atom is -0.390 e. The van der Waals surface area contributed by atoms with Gasteiger partial charge in [-0.15, -0.1) is 0 Å². The molecule has 0 radical (unpaired) electrons. The van der Waals surface area contributed by atoms with Crippen molar-refractivity contribution in [3.63, 3.8) is 0 Å². The molecule has 1 N–H and O–H groups in total. The molecule has 0 aliphatic carbocycles. The zero-order chi connectivity index (χ0) is 9.52. The molecular weight excluding hydrogens is 168 g/mol. The molecule has 0 saturated heterocycles. The third-order valence-corrected chi connectivity index (χ3v) is 2.09. The third kappa shape index (κ3) is 3.46. The van der Waals surface area contributed by atoms with Crippen LogP contribution in [-0.2, 0) is 4.79 Å². The summed E-state index contributed by atoms with van der Waals surface area (Å²) < 4.78 is 2.10. The van der Waals surface area contributed by atoms with Crippen LogP contribution in [0.5, 0.6) is 0 Å². The normalized spacial score (nSPS) is 18.2. The van der Waals surface area contributed by atoms with Gasteiger partial charge in [0.1, 0.15) is 18.5 Å². The lowest BCUT2D eigenvalue weighted by atomic mass is 10.2. The SMILES string of the molecule is O=CN=C(CO)C[N+]1=CCCCC1. The molecule has 0 saturated carbocycles. The van der Waals surface area contributed by atoms with Crippen molar-refractivity contribution in [3.8, 4) is 0 Å². The first kappa shape index (κ1) is 10.1. The van der Waals surface area contributed by atoms with Gasteiger partial charge in [-0.1, -0.05) is 0 Å². The number of aliphatic hydroxyl groups is 1. The molecule has 0 fully saturated rings. The van der Waals surface area contributed by atoms with Crippen LogP contribution in [0.2, 0.25) is 0 Å². The molecule has 72 valence electrons. The van der Waals surface area contributed by atoms with Gasteiger partial charge in [-0.2, -0.15) is 0 Å². The third-order valence-electron chi connectivity index (χ3n) is 2.09. The number of amides is 1. The quantitative estimate of drug-likeness (QED) is 0.374. The zero-order valence-corrected chi connectivity index (χ0v) is 7.65. The Morgan fingerprint density at radius 3 is 3.00 bits per heavy atom. The molecule has 4 heteroatoms. The molecule has 4 nitrogen and oxygen atoms in total. The number of aliphatic imine (C=N–C) groups is 1. The minimum atomic E-state index is -0.136. The molecule has 1 aliphatic heterocycles. The molecule has 0 aromatic carbocycles. The fraction of sp³-hybridized carbons (Fsp3) is 0.667. The van der Waals surface area contributed by atoms with Crippen LogP contribution in [0.3, 0.4) is 0 Å². The van der Waals surface area contributed by atoms with Crippen LogP contribution >= 0.6 is 0 Å². The van der Waals surface area contributed by atoms with Gasteiger partial charge in [0, 0.05) is 12.8 Å². The molecule has 0 unspecified atom stereocenters. The van der Waals surface area contributed by atoms with E-state index >= 15 is 0 Å². The highest BCUT2D eigenvalue weighted by molar-refractivity contribution is 5.91. The fourth-order valence-electron chi connectivity index (χ4n) is 1.41. The first-order chi connectivity index (χ1) is 6.36. The van der Waals surface area contributed by atoms with Crippen LogP contribution in [0.4, 0.5) is 0 Å². The number of hydrogen-bond acceptors (Lipinski definition) is 2. The average Bonchev–Trinajstić information content (AvgIpc) is 2.19. The van der Waals surface area contributed by atoms with Gasteiger partial charge in [0.25, 0.3) is 0 Å². The standard InChI is InChI=1S/C9H15N2O2/c12-7-9(10-8-13)6-11-4-2-1-3-5-11/h4,8,12H,1-3,5-7H2/q+1. The summed E-state index contributed by atoms with van der Waals surface area (Å²) in [7, 11) is 0. The van der Waals surface area contributed by atoms with Crippen LogP contribution in [-0.4, -0.2) is 47.7 Å². The highest BCUT2D eigenvalue weighted by Crippen LogP contribution is 2.00. The average molecular weight is 183 g/mol. The molecule has 1 rings (SSSR count). The van der Waals surface area contributed by atoms with E-state index in [1.54, 1.807) is 0 Å². The Kier molecular flexibility index (Phi) is 4.32. The van der Waals surface area contributed by atoms with Gasteiger partial charge in [-0.05, 0) is 6.42 Å². The number of rotatable bonds is 4. The highest BCUT2D eigenvalue weighted by Gasteiger charge is 2.11. The summed E-state index contributed by atoms with van der Waals surface area (Å²) in [4.78, 5) is 13.6. The Morgan fingerprint density at radius 1 is 1.62 bits per heavy atom. The molecule has 0 aromatic rings. The van der Waals surface area contributed by atoms with Crippen molar-refractivity contribution in [3.05, 3.63) is 0 Å². The molecule has 1 amide bonds. The van der Waals surface area contributed by atoms with Crippen LogP contribution in [0.1, 0.15) is 19.3 Å². The van der Waals surface area contributed by atoms with E-state index in [0.717, 1.165) is 13.0 Å². The van der Waals surface area contributed by atoms with E-state index < -0.39 is 0 Å². The minimum absolute atomic E-state index is 0.136. The number of carbonyl (C=O) groups excluding carboxylic acids is 1. The second-order valence-electron chi connectivity index (χ2n) is 3.11. The van der Waals surface area contributed by atoms with Crippen molar-refractivity contribution in [1.29, 1.82) is 0 Å². The Labute approximate surface area is 77.6 Å². The summed E-state index contributed by atoms with van der Waals surface area (Å²) in [5, 5.41) is 8.86. The van der Waals surface area contributed by atoms with Crippen molar-refractivity contribution in [2.45, 2.75) is 19.3 Å². The van der Waals surface area contributed by atoms with E-state index in [1.807, 2.05) is 0 Å². The topological polar surface area (TPSA) is 52.7 Å². The van der Waals surface area contributed by atoms with E-state index in [9.17, 15) is 4.79 Å². The predicted molar refractivity (Wildman–Crippen MR) is 50.5 cm³/mol.